The van der Waals surface area contributed by atoms with E-state index in [1.807, 2.05) is 54.6 Å². The number of furan rings is 1. The number of para-hydroxylation sites is 2. The van der Waals surface area contributed by atoms with Crippen LogP contribution in [0.4, 0.5) is 0 Å². The van der Waals surface area contributed by atoms with Gasteiger partial charge in [0.1, 0.15) is 11.2 Å². The first-order chi connectivity index (χ1) is 25.3. The van der Waals surface area contributed by atoms with Gasteiger partial charge < -0.3 is 4.42 Å². The van der Waals surface area contributed by atoms with Crippen LogP contribution in [0.3, 0.4) is 0 Å². The number of hydrogen-bond donors (Lipinski definition) is 0. The number of hydrogen-bond acceptors (Lipinski definition) is 4. The summed E-state index contributed by atoms with van der Waals surface area (Å²) in [4.78, 5) is 15.3. The maximum atomic E-state index is 6.58. The van der Waals surface area contributed by atoms with E-state index in [-0.39, 0.29) is 0 Å². The van der Waals surface area contributed by atoms with E-state index in [4.69, 9.17) is 19.4 Å². The molecule has 0 aliphatic carbocycles. The molecule has 10 aromatic rings. The summed E-state index contributed by atoms with van der Waals surface area (Å²) < 4.78 is 6.58. The third-order valence-electron chi connectivity index (χ3n) is 9.67. The van der Waals surface area contributed by atoms with Crippen molar-refractivity contribution in [3.05, 3.63) is 176 Å². The van der Waals surface area contributed by atoms with Gasteiger partial charge in [-0.3, -0.25) is 0 Å². The van der Waals surface area contributed by atoms with Gasteiger partial charge in [-0.15, -0.1) is 0 Å². The minimum absolute atomic E-state index is 0.698. The maximum absolute atomic E-state index is 6.58. The Bertz CT molecular complexity index is 2820. The Hall–Kier alpha value is -6.91. The summed E-state index contributed by atoms with van der Waals surface area (Å²) in [5, 5.41) is 5.51. The van der Waals surface area contributed by atoms with Gasteiger partial charge in [-0.05, 0) is 29.8 Å². The summed E-state index contributed by atoms with van der Waals surface area (Å²) in [5.74, 6) is 0.698. The Labute approximate surface area is 294 Å². The zero-order chi connectivity index (χ0) is 33.7. The molecule has 238 valence electrons. The van der Waals surface area contributed by atoms with Crippen LogP contribution in [-0.2, 0) is 0 Å². The third kappa shape index (κ3) is 4.96. The Morgan fingerprint density at radius 2 is 0.902 bits per heavy atom. The molecule has 0 fully saturated rings. The normalized spacial score (nSPS) is 11.5. The smallest absolute Gasteiger partial charge is 0.160 e. The van der Waals surface area contributed by atoms with Crippen LogP contribution >= 0.6 is 0 Å². The van der Waals surface area contributed by atoms with Gasteiger partial charge in [0.25, 0.3) is 0 Å². The van der Waals surface area contributed by atoms with E-state index < -0.39 is 0 Å². The van der Waals surface area contributed by atoms with Crippen LogP contribution in [0.1, 0.15) is 0 Å². The van der Waals surface area contributed by atoms with Crippen LogP contribution < -0.4 is 0 Å². The molecule has 0 spiro atoms. The van der Waals surface area contributed by atoms with Gasteiger partial charge >= 0.3 is 0 Å². The van der Waals surface area contributed by atoms with Crippen molar-refractivity contribution in [2.45, 2.75) is 0 Å². The summed E-state index contributed by atoms with van der Waals surface area (Å²) in [6.45, 7) is 0. The minimum atomic E-state index is 0.698. The average Bonchev–Trinajstić information content (AvgIpc) is 3.59. The van der Waals surface area contributed by atoms with E-state index >= 15 is 0 Å². The fourth-order valence-electron chi connectivity index (χ4n) is 7.30. The van der Waals surface area contributed by atoms with Crippen molar-refractivity contribution < 1.29 is 4.42 Å². The molecule has 0 unspecified atom stereocenters. The molecule has 0 aliphatic heterocycles. The van der Waals surface area contributed by atoms with Crippen molar-refractivity contribution in [2.75, 3.05) is 0 Å². The minimum Gasteiger partial charge on any atom is -0.456 e. The third-order valence-corrected chi connectivity index (χ3v) is 9.67. The molecule has 0 radical (unpaired) electrons. The number of fused-ring (bicyclic) bond motifs is 6. The van der Waals surface area contributed by atoms with Crippen LogP contribution in [0.5, 0.6) is 0 Å². The molecule has 10 rings (SSSR count). The number of aromatic nitrogens is 3. The summed E-state index contributed by atoms with van der Waals surface area (Å²) in [7, 11) is 0. The Morgan fingerprint density at radius 3 is 1.61 bits per heavy atom. The van der Waals surface area contributed by atoms with E-state index in [0.717, 1.165) is 94.1 Å². The van der Waals surface area contributed by atoms with Crippen molar-refractivity contribution in [1.82, 2.24) is 15.0 Å². The second-order valence-corrected chi connectivity index (χ2v) is 12.8. The molecule has 4 nitrogen and oxygen atoms in total. The molecule has 0 bridgehead atoms. The average molecular weight is 652 g/mol. The molecule has 0 N–H and O–H groups in total. The quantitative estimate of drug-likeness (QED) is 0.174. The molecule has 4 heteroatoms. The van der Waals surface area contributed by atoms with E-state index in [0.29, 0.717) is 5.82 Å². The monoisotopic (exact) mass is 651 g/mol. The molecule has 51 heavy (non-hydrogen) atoms. The van der Waals surface area contributed by atoms with Gasteiger partial charge in [-0.25, -0.2) is 15.0 Å². The lowest BCUT2D eigenvalue weighted by atomic mass is 9.89. The summed E-state index contributed by atoms with van der Waals surface area (Å²) >= 11 is 0. The van der Waals surface area contributed by atoms with Gasteiger partial charge in [-0.2, -0.15) is 0 Å². The molecule has 0 amide bonds. The van der Waals surface area contributed by atoms with Gasteiger partial charge in [0, 0.05) is 54.7 Å². The lowest BCUT2D eigenvalue weighted by Crippen LogP contribution is -1.96. The SMILES string of the molecule is c1ccc(-c2cc(-c3ccc(-c4c5c(cc6c(-c7ccccc7)nc7ccccc7c46)oc4ccccc45)cc3)nc(-c3ccccc3)n2)cc1. The maximum Gasteiger partial charge on any atom is 0.160 e. The zero-order valence-corrected chi connectivity index (χ0v) is 27.5. The highest BCUT2D eigenvalue weighted by atomic mass is 16.3. The lowest BCUT2D eigenvalue weighted by molar-refractivity contribution is 0.669. The molecule has 0 atom stereocenters. The zero-order valence-electron chi connectivity index (χ0n) is 27.5. The standard InChI is InChI=1S/C47H29N3O/c1-4-14-30(15-5-1)39-29-40(50-47(49-39)34-18-8-3-9-19-34)31-24-26-32(27-25-31)43-44-35-20-10-12-22-38(35)48-46(33-16-6-2-7-17-33)37(44)28-42-45(43)36-21-11-13-23-41(36)51-42/h1-29H. The molecule has 0 saturated heterocycles. The number of rotatable bonds is 5. The molecular formula is C47H29N3O. The highest BCUT2D eigenvalue weighted by Gasteiger charge is 2.22. The number of pyridine rings is 1. The van der Waals surface area contributed by atoms with Crippen LogP contribution in [0.15, 0.2) is 180 Å². The summed E-state index contributed by atoms with van der Waals surface area (Å²) in [6, 6.07) is 60.7. The molecule has 7 aromatic carbocycles. The van der Waals surface area contributed by atoms with Crippen molar-refractivity contribution in [3.8, 4) is 56.3 Å². The fraction of sp³-hybridized carbons (Fsp3) is 0. The van der Waals surface area contributed by atoms with E-state index in [1.165, 1.54) is 0 Å². The largest absolute Gasteiger partial charge is 0.456 e. The first-order valence-electron chi connectivity index (χ1n) is 17.1. The first kappa shape index (κ1) is 29.0. The van der Waals surface area contributed by atoms with Crippen molar-refractivity contribution >= 4 is 43.6 Å². The number of nitrogens with zero attached hydrogens (tertiary/aromatic N) is 3. The predicted octanol–water partition coefficient (Wildman–Crippen LogP) is 12.4. The van der Waals surface area contributed by atoms with Crippen LogP contribution in [0.2, 0.25) is 0 Å². The second kappa shape index (κ2) is 11.9. The van der Waals surface area contributed by atoms with Crippen LogP contribution in [-0.4, -0.2) is 15.0 Å². The number of benzene rings is 7. The van der Waals surface area contributed by atoms with E-state index in [9.17, 15) is 0 Å². The Balaban J connectivity index is 1.23. The van der Waals surface area contributed by atoms with Gasteiger partial charge in [0.05, 0.1) is 22.6 Å². The molecule has 3 aromatic heterocycles. The van der Waals surface area contributed by atoms with Crippen molar-refractivity contribution in [3.63, 3.8) is 0 Å². The van der Waals surface area contributed by atoms with Crippen LogP contribution in [0, 0.1) is 0 Å². The molecule has 0 aliphatic rings. The highest BCUT2D eigenvalue weighted by molar-refractivity contribution is 6.27. The first-order valence-corrected chi connectivity index (χ1v) is 17.1. The van der Waals surface area contributed by atoms with Gasteiger partial charge in [0.15, 0.2) is 5.82 Å². The molecule has 0 saturated carbocycles. The van der Waals surface area contributed by atoms with Gasteiger partial charge in [0.2, 0.25) is 0 Å². The molecular weight excluding hydrogens is 623 g/mol. The molecule has 3 heterocycles. The Morgan fingerprint density at radius 1 is 0.353 bits per heavy atom. The van der Waals surface area contributed by atoms with E-state index in [1.54, 1.807) is 0 Å². The fourth-order valence-corrected chi connectivity index (χ4v) is 7.30. The van der Waals surface area contributed by atoms with Crippen molar-refractivity contribution in [1.29, 1.82) is 0 Å². The summed E-state index contributed by atoms with van der Waals surface area (Å²) in [5.41, 5.74) is 11.7. The van der Waals surface area contributed by atoms with Gasteiger partial charge in [-0.1, -0.05) is 152 Å². The van der Waals surface area contributed by atoms with E-state index in [2.05, 4.69) is 121 Å². The van der Waals surface area contributed by atoms with Crippen LogP contribution in [0.25, 0.3) is 99.9 Å². The second-order valence-electron chi connectivity index (χ2n) is 12.8. The highest BCUT2D eigenvalue weighted by Crippen LogP contribution is 2.46. The topological polar surface area (TPSA) is 51.8 Å². The predicted molar refractivity (Wildman–Crippen MR) is 209 cm³/mol. The Kier molecular flexibility index (Phi) is 6.78. The summed E-state index contributed by atoms with van der Waals surface area (Å²) in [6.07, 6.45) is 0. The van der Waals surface area contributed by atoms with Crippen molar-refractivity contribution in [2.24, 2.45) is 0 Å². The lowest BCUT2D eigenvalue weighted by Gasteiger charge is -2.16.